The molecule has 8 nitrogen and oxygen atoms in total. The van der Waals surface area contributed by atoms with Crippen LogP contribution in [0.25, 0.3) is 0 Å². The third-order valence-corrected chi connectivity index (χ3v) is 4.92. The van der Waals surface area contributed by atoms with Gasteiger partial charge in [0.25, 0.3) is 0 Å². The topological polar surface area (TPSA) is 78.7 Å². The Bertz CT molecular complexity index is 827. The first-order valence-electron chi connectivity index (χ1n) is 9.45. The summed E-state index contributed by atoms with van der Waals surface area (Å²) in [6.45, 7) is 6.13. The summed E-state index contributed by atoms with van der Waals surface area (Å²) in [6.07, 6.45) is 2.04. The SMILES string of the molecule is CCNC(=NCc1nncn1C)N1CCN(C(=O)Cc2cccc(Cl)c2)CC1. The molecule has 0 spiro atoms. The van der Waals surface area contributed by atoms with Gasteiger partial charge in [-0.1, -0.05) is 23.7 Å². The number of aromatic nitrogens is 3. The van der Waals surface area contributed by atoms with Gasteiger partial charge in [-0.05, 0) is 24.6 Å². The van der Waals surface area contributed by atoms with Crippen LogP contribution in [0.15, 0.2) is 35.6 Å². The minimum Gasteiger partial charge on any atom is -0.357 e. The van der Waals surface area contributed by atoms with E-state index in [2.05, 4.69) is 25.4 Å². The summed E-state index contributed by atoms with van der Waals surface area (Å²) in [7, 11) is 1.90. The van der Waals surface area contributed by atoms with Crippen LogP contribution in [0.3, 0.4) is 0 Å². The number of nitrogens with one attached hydrogen (secondary N) is 1. The minimum absolute atomic E-state index is 0.128. The van der Waals surface area contributed by atoms with Gasteiger partial charge >= 0.3 is 0 Å². The van der Waals surface area contributed by atoms with Gasteiger partial charge in [-0.15, -0.1) is 10.2 Å². The van der Waals surface area contributed by atoms with Crippen molar-refractivity contribution in [2.75, 3.05) is 32.7 Å². The van der Waals surface area contributed by atoms with Crippen LogP contribution in [-0.4, -0.2) is 69.2 Å². The van der Waals surface area contributed by atoms with E-state index < -0.39 is 0 Å². The Hall–Kier alpha value is -2.61. The van der Waals surface area contributed by atoms with E-state index in [1.54, 1.807) is 6.33 Å². The van der Waals surface area contributed by atoms with Gasteiger partial charge in [-0.2, -0.15) is 0 Å². The fraction of sp³-hybridized carbons (Fsp3) is 0.474. The van der Waals surface area contributed by atoms with Gasteiger partial charge < -0.3 is 19.7 Å². The van der Waals surface area contributed by atoms with Crippen molar-refractivity contribution >= 4 is 23.5 Å². The van der Waals surface area contributed by atoms with Gasteiger partial charge in [0.2, 0.25) is 5.91 Å². The fourth-order valence-corrected chi connectivity index (χ4v) is 3.34. The number of aliphatic imine (C=N–C) groups is 1. The van der Waals surface area contributed by atoms with Crippen molar-refractivity contribution in [2.45, 2.75) is 19.9 Å². The summed E-state index contributed by atoms with van der Waals surface area (Å²) < 4.78 is 1.86. The Morgan fingerprint density at radius 2 is 2.00 bits per heavy atom. The lowest BCUT2D eigenvalue weighted by atomic mass is 10.1. The smallest absolute Gasteiger partial charge is 0.227 e. The van der Waals surface area contributed by atoms with E-state index in [0.29, 0.717) is 31.1 Å². The summed E-state index contributed by atoms with van der Waals surface area (Å²) >= 11 is 6.01. The van der Waals surface area contributed by atoms with E-state index in [0.717, 1.165) is 37.0 Å². The highest BCUT2D eigenvalue weighted by atomic mass is 35.5. The molecule has 0 atom stereocenters. The molecule has 1 aliphatic heterocycles. The maximum Gasteiger partial charge on any atom is 0.227 e. The average molecular weight is 404 g/mol. The maximum atomic E-state index is 12.6. The van der Waals surface area contributed by atoms with E-state index in [9.17, 15) is 4.79 Å². The monoisotopic (exact) mass is 403 g/mol. The van der Waals surface area contributed by atoms with Crippen molar-refractivity contribution < 1.29 is 4.79 Å². The summed E-state index contributed by atoms with van der Waals surface area (Å²) in [4.78, 5) is 21.4. The zero-order valence-corrected chi connectivity index (χ0v) is 17.1. The molecule has 2 aromatic rings. The van der Waals surface area contributed by atoms with Crippen molar-refractivity contribution in [3.8, 4) is 0 Å². The Kier molecular flexibility index (Phi) is 6.86. The zero-order valence-electron chi connectivity index (χ0n) is 16.3. The van der Waals surface area contributed by atoms with E-state index in [1.165, 1.54) is 0 Å². The number of nitrogens with zero attached hydrogens (tertiary/aromatic N) is 6. The molecule has 3 rings (SSSR count). The molecular weight excluding hydrogens is 378 g/mol. The van der Waals surface area contributed by atoms with Gasteiger partial charge in [-0.3, -0.25) is 4.79 Å². The van der Waals surface area contributed by atoms with Crippen molar-refractivity contribution in [2.24, 2.45) is 12.0 Å². The molecule has 0 saturated carbocycles. The average Bonchev–Trinajstić information content (AvgIpc) is 3.10. The lowest BCUT2D eigenvalue weighted by molar-refractivity contribution is -0.131. The van der Waals surface area contributed by atoms with Gasteiger partial charge in [0.05, 0.1) is 6.42 Å². The molecule has 1 aromatic carbocycles. The number of benzene rings is 1. The normalized spacial score (nSPS) is 15.0. The number of piperazine rings is 1. The van der Waals surface area contributed by atoms with Crippen LogP contribution >= 0.6 is 11.6 Å². The number of hydrogen-bond acceptors (Lipinski definition) is 4. The Morgan fingerprint density at radius 1 is 1.25 bits per heavy atom. The number of amides is 1. The molecule has 1 amide bonds. The number of carbonyl (C=O) groups is 1. The molecule has 1 fully saturated rings. The summed E-state index contributed by atoms with van der Waals surface area (Å²) in [5.41, 5.74) is 0.943. The van der Waals surface area contributed by atoms with Crippen LogP contribution in [0, 0.1) is 0 Å². The summed E-state index contributed by atoms with van der Waals surface area (Å²) in [6, 6.07) is 7.47. The highest BCUT2D eigenvalue weighted by Crippen LogP contribution is 2.13. The lowest BCUT2D eigenvalue weighted by Gasteiger charge is -2.36. The predicted octanol–water partition coefficient (Wildman–Crippen LogP) is 1.32. The first-order valence-corrected chi connectivity index (χ1v) is 9.83. The zero-order chi connectivity index (χ0) is 19.9. The summed E-state index contributed by atoms with van der Waals surface area (Å²) in [5, 5.41) is 11.9. The van der Waals surface area contributed by atoms with E-state index in [4.69, 9.17) is 11.6 Å². The highest BCUT2D eigenvalue weighted by Gasteiger charge is 2.23. The highest BCUT2D eigenvalue weighted by molar-refractivity contribution is 6.30. The first kappa shape index (κ1) is 20.1. The van der Waals surface area contributed by atoms with Crippen molar-refractivity contribution in [3.63, 3.8) is 0 Å². The molecule has 1 aromatic heterocycles. The molecule has 1 aliphatic rings. The van der Waals surface area contributed by atoms with Gasteiger partial charge in [0.15, 0.2) is 11.8 Å². The minimum atomic E-state index is 0.128. The molecule has 0 radical (unpaired) electrons. The van der Waals surface area contributed by atoms with Gasteiger partial charge in [0.1, 0.15) is 12.9 Å². The van der Waals surface area contributed by atoms with Gasteiger partial charge in [-0.25, -0.2) is 4.99 Å². The maximum absolute atomic E-state index is 12.6. The van der Waals surface area contributed by atoms with Crippen LogP contribution in [0.2, 0.25) is 5.02 Å². The predicted molar refractivity (Wildman–Crippen MR) is 109 cm³/mol. The number of carbonyl (C=O) groups excluding carboxylic acids is 1. The Balaban J connectivity index is 1.56. The van der Waals surface area contributed by atoms with Crippen molar-refractivity contribution in [3.05, 3.63) is 47.0 Å². The van der Waals surface area contributed by atoms with E-state index in [-0.39, 0.29) is 5.91 Å². The quantitative estimate of drug-likeness (QED) is 0.601. The second-order valence-corrected chi connectivity index (χ2v) is 7.14. The third-order valence-electron chi connectivity index (χ3n) is 4.69. The molecule has 0 bridgehead atoms. The van der Waals surface area contributed by atoms with Crippen LogP contribution in [0.1, 0.15) is 18.3 Å². The number of aryl methyl sites for hydroxylation is 1. The van der Waals surface area contributed by atoms with Crippen molar-refractivity contribution in [1.29, 1.82) is 0 Å². The second-order valence-electron chi connectivity index (χ2n) is 6.70. The first-order chi connectivity index (χ1) is 13.6. The number of hydrogen-bond donors (Lipinski definition) is 1. The molecule has 0 aliphatic carbocycles. The molecule has 1 saturated heterocycles. The van der Waals surface area contributed by atoms with E-state index in [1.807, 2.05) is 47.7 Å². The molecule has 150 valence electrons. The fourth-order valence-electron chi connectivity index (χ4n) is 3.12. The standard InChI is InChI=1S/C19H26ClN7O/c1-3-21-19(22-13-17-24-23-14-25(17)2)27-9-7-26(8-10-27)18(28)12-15-5-4-6-16(20)11-15/h4-6,11,14H,3,7-10,12-13H2,1-2H3,(H,21,22). The van der Waals surface area contributed by atoms with Gasteiger partial charge in [0, 0.05) is 44.8 Å². The summed E-state index contributed by atoms with van der Waals surface area (Å²) in [5.74, 6) is 1.78. The van der Waals surface area contributed by atoms with Crippen LogP contribution in [0.4, 0.5) is 0 Å². The molecule has 2 heterocycles. The number of rotatable bonds is 5. The van der Waals surface area contributed by atoms with Crippen LogP contribution in [0.5, 0.6) is 0 Å². The lowest BCUT2D eigenvalue weighted by Crippen LogP contribution is -2.54. The Labute approximate surface area is 170 Å². The third kappa shape index (κ3) is 5.22. The molecular formula is C19H26ClN7O. The van der Waals surface area contributed by atoms with E-state index >= 15 is 0 Å². The van der Waals surface area contributed by atoms with Crippen LogP contribution in [-0.2, 0) is 24.8 Å². The van der Waals surface area contributed by atoms with Crippen molar-refractivity contribution in [1.82, 2.24) is 29.9 Å². The van der Waals surface area contributed by atoms with Crippen LogP contribution < -0.4 is 5.32 Å². The molecule has 0 unspecified atom stereocenters. The largest absolute Gasteiger partial charge is 0.357 e. The number of guanidine groups is 1. The molecule has 9 heteroatoms. The molecule has 28 heavy (non-hydrogen) atoms. The number of halogens is 1. The Morgan fingerprint density at radius 3 is 2.64 bits per heavy atom. The molecule has 1 N–H and O–H groups in total. The second kappa shape index (κ2) is 9.54.